The Labute approximate surface area is 186 Å². The molecule has 1 saturated carbocycles. The van der Waals surface area contributed by atoms with Crippen molar-refractivity contribution in [3.63, 3.8) is 0 Å². The molecule has 1 aliphatic carbocycles. The van der Waals surface area contributed by atoms with Gasteiger partial charge in [-0.2, -0.15) is 4.98 Å². The molecule has 2 amide bonds. The number of aryl methyl sites for hydroxylation is 1. The van der Waals surface area contributed by atoms with E-state index in [1.807, 2.05) is 10.3 Å². The van der Waals surface area contributed by atoms with Gasteiger partial charge in [-0.05, 0) is 12.8 Å². The number of hydrogen-bond donors (Lipinski definition) is 1. The molecule has 0 radical (unpaired) electrons. The summed E-state index contributed by atoms with van der Waals surface area (Å²) in [4.78, 5) is 37.6. The number of anilines is 1. The van der Waals surface area contributed by atoms with Gasteiger partial charge in [0.15, 0.2) is 11.0 Å². The van der Waals surface area contributed by atoms with Crippen LogP contribution in [0.4, 0.5) is 5.13 Å². The molecular formula is C21H30N6O3S. The molecule has 1 aliphatic heterocycles. The number of aromatic nitrogens is 3. The van der Waals surface area contributed by atoms with Crippen LogP contribution < -0.4 is 10.2 Å². The lowest BCUT2D eigenvalue weighted by molar-refractivity contribution is -0.131. The topological polar surface area (TPSA) is 104 Å². The largest absolute Gasteiger partial charge is 0.345 e. The Morgan fingerprint density at radius 1 is 1.16 bits per heavy atom. The number of thiazole rings is 1. The Morgan fingerprint density at radius 3 is 2.55 bits per heavy atom. The van der Waals surface area contributed by atoms with Crippen molar-refractivity contribution in [3.05, 3.63) is 23.3 Å². The zero-order valence-electron chi connectivity index (χ0n) is 18.0. The maximum Gasteiger partial charge on any atom is 0.227 e. The first-order valence-corrected chi connectivity index (χ1v) is 12.0. The van der Waals surface area contributed by atoms with Gasteiger partial charge in [-0.25, -0.2) is 4.98 Å². The van der Waals surface area contributed by atoms with Crippen LogP contribution in [0.3, 0.4) is 0 Å². The SMILES string of the molecule is CC(=O)NC1(c2noc(CCC(=O)N3CCN(c4nccs4)CC3)n2)CCCCCC1. The van der Waals surface area contributed by atoms with Crippen LogP contribution in [-0.4, -0.2) is 58.0 Å². The molecular weight excluding hydrogens is 416 g/mol. The van der Waals surface area contributed by atoms with E-state index in [1.165, 1.54) is 6.92 Å². The summed E-state index contributed by atoms with van der Waals surface area (Å²) in [5.41, 5.74) is -0.555. The third kappa shape index (κ3) is 5.23. The molecule has 31 heavy (non-hydrogen) atoms. The van der Waals surface area contributed by atoms with E-state index in [9.17, 15) is 9.59 Å². The van der Waals surface area contributed by atoms with Crippen LogP contribution in [0.5, 0.6) is 0 Å². The van der Waals surface area contributed by atoms with E-state index < -0.39 is 5.54 Å². The molecule has 168 valence electrons. The number of nitrogens with one attached hydrogen (secondary N) is 1. The maximum absolute atomic E-state index is 12.7. The Kier molecular flexibility index (Phi) is 6.84. The van der Waals surface area contributed by atoms with Crippen molar-refractivity contribution in [2.24, 2.45) is 0 Å². The van der Waals surface area contributed by atoms with Gasteiger partial charge in [-0.3, -0.25) is 9.59 Å². The third-order valence-electron chi connectivity index (χ3n) is 6.14. The van der Waals surface area contributed by atoms with Crippen LogP contribution in [0.25, 0.3) is 0 Å². The number of rotatable bonds is 6. The van der Waals surface area contributed by atoms with E-state index >= 15 is 0 Å². The quantitative estimate of drug-likeness (QED) is 0.680. The van der Waals surface area contributed by atoms with Crippen molar-refractivity contribution >= 4 is 28.3 Å². The normalized spacial score (nSPS) is 19.1. The molecule has 2 aliphatic rings. The highest BCUT2D eigenvalue weighted by atomic mass is 32.1. The van der Waals surface area contributed by atoms with Gasteiger partial charge in [-0.1, -0.05) is 30.8 Å². The molecule has 0 unspecified atom stereocenters. The molecule has 0 bridgehead atoms. The Morgan fingerprint density at radius 2 is 1.90 bits per heavy atom. The summed E-state index contributed by atoms with van der Waals surface area (Å²) in [5, 5.41) is 10.3. The Balaban J connectivity index is 1.32. The standard InChI is InChI=1S/C21H30N6O3S/c1-16(28)24-21(8-4-2-3-5-9-21)19-23-17(30-25-19)6-7-18(29)26-11-13-27(14-12-26)20-22-10-15-31-20/h10,15H,2-9,11-14H2,1H3,(H,24,28). The number of piperazine rings is 1. The van der Waals surface area contributed by atoms with E-state index in [0.717, 1.165) is 56.7 Å². The molecule has 0 atom stereocenters. The second-order valence-corrected chi connectivity index (χ2v) is 9.24. The average molecular weight is 447 g/mol. The molecule has 3 heterocycles. The number of carbonyl (C=O) groups is 2. The summed E-state index contributed by atoms with van der Waals surface area (Å²) in [6.07, 6.45) is 8.53. The molecule has 0 spiro atoms. The first-order chi connectivity index (χ1) is 15.1. The summed E-state index contributed by atoms with van der Waals surface area (Å²) in [6.45, 7) is 4.51. The van der Waals surface area contributed by atoms with Gasteiger partial charge in [-0.15, -0.1) is 11.3 Å². The van der Waals surface area contributed by atoms with Crippen LogP contribution >= 0.6 is 11.3 Å². The lowest BCUT2D eigenvalue weighted by atomic mass is 9.89. The van der Waals surface area contributed by atoms with Gasteiger partial charge in [0.05, 0.1) is 0 Å². The summed E-state index contributed by atoms with van der Waals surface area (Å²) >= 11 is 1.62. The molecule has 9 nitrogen and oxygen atoms in total. The highest BCUT2D eigenvalue weighted by Crippen LogP contribution is 2.34. The van der Waals surface area contributed by atoms with Gasteiger partial charge in [0, 0.05) is 57.5 Å². The first kappa shape index (κ1) is 21.7. The molecule has 2 aromatic rings. The van der Waals surface area contributed by atoms with Crippen molar-refractivity contribution in [2.75, 3.05) is 31.1 Å². The highest BCUT2D eigenvalue weighted by Gasteiger charge is 2.38. The minimum absolute atomic E-state index is 0.0830. The van der Waals surface area contributed by atoms with Crippen LogP contribution in [0, 0.1) is 0 Å². The molecule has 2 fully saturated rings. The van der Waals surface area contributed by atoms with Crippen molar-refractivity contribution < 1.29 is 14.1 Å². The van der Waals surface area contributed by atoms with Crippen LogP contribution in [0.2, 0.25) is 0 Å². The molecule has 1 saturated heterocycles. The fourth-order valence-corrected chi connectivity index (χ4v) is 5.21. The van der Waals surface area contributed by atoms with Gasteiger partial charge in [0.2, 0.25) is 17.7 Å². The van der Waals surface area contributed by atoms with Crippen LogP contribution in [0.1, 0.15) is 63.6 Å². The smallest absolute Gasteiger partial charge is 0.227 e. The predicted octanol–water partition coefficient (Wildman–Crippen LogP) is 2.49. The monoisotopic (exact) mass is 446 g/mol. The second-order valence-electron chi connectivity index (χ2n) is 8.37. The van der Waals surface area contributed by atoms with Gasteiger partial charge < -0.3 is 19.6 Å². The summed E-state index contributed by atoms with van der Waals surface area (Å²) in [6, 6.07) is 0. The van der Waals surface area contributed by atoms with Gasteiger partial charge in [0.25, 0.3) is 0 Å². The van der Waals surface area contributed by atoms with Crippen molar-refractivity contribution in [1.29, 1.82) is 0 Å². The average Bonchev–Trinajstić information content (AvgIpc) is 3.42. The fraction of sp³-hybridized carbons (Fsp3) is 0.667. The molecule has 1 N–H and O–H groups in total. The zero-order chi connectivity index (χ0) is 21.7. The third-order valence-corrected chi connectivity index (χ3v) is 6.98. The van der Waals surface area contributed by atoms with Crippen molar-refractivity contribution in [1.82, 2.24) is 25.3 Å². The second kappa shape index (κ2) is 9.76. The number of hydrogen-bond acceptors (Lipinski definition) is 8. The minimum Gasteiger partial charge on any atom is -0.345 e. The van der Waals surface area contributed by atoms with Gasteiger partial charge >= 0.3 is 0 Å². The van der Waals surface area contributed by atoms with Crippen LogP contribution in [-0.2, 0) is 21.5 Å². The molecule has 10 heteroatoms. The minimum atomic E-state index is -0.555. The van der Waals surface area contributed by atoms with E-state index in [1.54, 1.807) is 17.5 Å². The maximum atomic E-state index is 12.7. The molecule has 2 aromatic heterocycles. The first-order valence-electron chi connectivity index (χ1n) is 11.1. The Bertz CT molecular complexity index is 868. The zero-order valence-corrected chi connectivity index (χ0v) is 18.8. The van der Waals surface area contributed by atoms with Crippen molar-refractivity contribution in [2.45, 2.75) is 63.8 Å². The lowest BCUT2D eigenvalue weighted by Crippen LogP contribution is -2.48. The predicted molar refractivity (Wildman–Crippen MR) is 117 cm³/mol. The number of carbonyl (C=O) groups excluding carboxylic acids is 2. The van der Waals surface area contributed by atoms with E-state index in [4.69, 9.17) is 4.52 Å². The van der Waals surface area contributed by atoms with Gasteiger partial charge in [0.1, 0.15) is 5.54 Å². The Hall–Kier alpha value is -2.49. The summed E-state index contributed by atoms with van der Waals surface area (Å²) in [7, 11) is 0. The molecule has 0 aromatic carbocycles. The van der Waals surface area contributed by atoms with E-state index in [2.05, 4.69) is 25.3 Å². The summed E-state index contributed by atoms with van der Waals surface area (Å²) in [5.74, 6) is 1.02. The fourth-order valence-electron chi connectivity index (χ4n) is 4.52. The number of nitrogens with zero attached hydrogens (tertiary/aromatic N) is 5. The van der Waals surface area contributed by atoms with E-state index in [0.29, 0.717) is 37.6 Å². The van der Waals surface area contributed by atoms with E-state index in [-0.39, 0.29) is 11.8 Å². The lowest BCUT2D eigenvalue weighted by Gasteiger charge is -2.34. The summed E-state index contributed by atoms with van der Waals surface area (Å²) < 4.78 is 5.47. The van der Waals surface area contributed by atoms with Crippen molar-refractivity contribution in [3.8, 4) is 0 Å². The highest BCUT2D eigenvalue weighted by molar-refractivity contribution is 7.13. The van der Waals surface area contributed by atoms with Crippen LogP contribution in [0.15, 0.2) is 16.1 Å². The number of amides is 2. The molecule has 4 rings (SSSR count).